The minimum atomic E-state index is -0.104. The van der Waals surface area contributed by atoms with E-state index >= 15 is 0 Å². The van der Waals surface area contributed by atoms with Gasteiger partial charge < -0.3 is 4.90 Å². The van der Waals surface area contributed by atoms with Crippen LogP contribution in [0.15, 0.2) is 58.5 Å². The van der Waals surface area contributed by atoms with Gasteiger partial charge in [0.05, 0.1) is 22.3 Å². The zero-order valence-electron chi connectivity index (χ0n) is 16.6. The Morgan fingerprint density at radius 1 is 1.03 bits per heavy atom. The summed E-state index contributed by atoms with van der Waals surface area (Å²) in [5, 5.41) is 1.14. The molecule has 0 radical (unpaired) electrons. The van der Waals surface area contributed by atoms with Crippen LogP contribution in [0.2, 0.25) is 0 Å². The number of para-hydroxylation sites is 1. The van der Waals surface area contributed by atoms with Crippen molar-refractivity contribution >= 4 is 28.6 Å². The number of hydrogen-bond acceptors (Lipinski definition) is 4. The molecule has 0 saturated carbocycles. The molecule has 1 aliphatic rings. The van der Waals surface area contributed by atoms with Crippen molar-refractivity contribution in [3.8, 4) is 5.69 Å². The summed E-state index contributed by atoms with van der Waals surface area (Å²) in [6.45, 7) is 3.76. The zero-order valence-corrected chi connectivity index (χ0v) is 17.5. The first kappa shape index (κ1) is 19.7. The number of benzene rings is 2. The standard InChI is InChI=1S/C23H25N3O2S/c1-2-17-10-12-18(13-11-17)26-22(28)19-8-4-5-9-20(19)24-23(26)29-16-21(27)25-14-6-3-7-15-25/h4-5,8-13H,2-3,6-7,14-16H2,1H3. The van der Waals surface area contributed by atoms with Crippen LogP contribution in [0.4, 0.5) is 0 Å². The number of piperidine rings is 1. The fraction of sp³-hybridized carbons (Fsp3) is 0.348. The summed E-state index contributed by atoms with van der Waals surface area (Å²) in [4.78, 5) is 32.6. The molecule has 2 aromatic carbocycles. The number of hydrogen-bond donors (Lipinski definition) is 0. The number of nitrogens with zero attached hydrogens (tertiary/aromatic N) is 3. The maximum Gasteiger partial charge on any atom is 0.266 e. The minimum Gasteiger partial charge on any atom is -0.342 e. The highest BCUT2D eigenvalue weighted by molar-refractivity contribution is 7.99. The van der Waals surface area contributed by atoms with Gasteiger partial charge in [0.2, 0.25) is 5.91 Å². The van der Waals surface area contributed by atoms with Crippen LogP contribution in [0.5, 0.6) is 0 Å². The van der Waals surface area contributed by atoms with Crippen molar-refractivity contribution in [2.24, 2.45) is 0 Å². The Balaban J connectivity index is 1.70. The molecule has 5 nitrogen and oxygen atoms in total. The van der Waals surface area contributed by atoms with Crippen LogP contribution in [-0.4, -0.2) is 39.2 Å². The molecule has 0 spiro atoms. The molecule has 0 aliphatic carbocycles. The average molecular weight is 408 g/mol. The molecule has 0 N–H and O–H groups in total. The molecule has 29 heavy (non-hydrogen) atoms. The highest BCUT2D eigenvalue weighted by Gasteiger charge is 2.19. The summed E-state index contributed by atoms with van der Waals surface area (Å²) in [6, 6.07) is 15.3. The number of fused-ring (bicyclic) bond motifs is 1. The third kappa shape index (κ3) is 4.22. The van der Waals surface area contributed by atoms with Crippen molar-refractivity contribution < 1.29 is 4.79 Å². The fourth-order valence-electron chi connectivity index (χ4n) is 3.68. The predicted octanol–water partition coefficient (Wildman–Crippen LogP) is 4.05. The van der Waals surface area contributed by atoms with Gasteiger partial charge >= 0.3 is 0 Å². The number of rotatable bonds is 5. The van der Waals surface area contributed by atoms with E-state index in [1.807, 2.05) is 47.4 Å². The van der Waals surface area contributed by atoms with Crippen molar-refractivity contribution in [3.63, 3.8) is 0 Å². The van der Waals surface area contributed by atoms with Crippen LogP contribution < -0.4 is 5.56 Å². The van der Waals surface area contributed by atoms with Crippen LogP contribution in [0.25, 0.3) is 16.6 Å². The summed E-state index contributed by atoms with van der Waals surface area (Å²) in [7, 11) is 0. The maximum atomic E-state index is 13.3. The molecule has 4 rings (SSSR count). The maximum absolute atomic E-state index is 13.3. The average Bonchev–Trinajstić information content (AvgIpc) is 2.78. The SMILES string of the molecule is CCc1ccc(-n2c(SCC(=O)N3CCCCC3)nc3ccccc3c2=O)cc1. The largest absolute Gasteiger partial charge is 0.342 e. The smallest absolute Gasteiger partial charge is 0.266 e. The van der Waals surface area contributed by atoms with Gasteiger partial charge in [0, 0.05) is 13.1 Å². The summed E-state index contributed by atoms with van der Waals surface area (Å²) >= 11 is 1.34. The lowest BCUT2D eigenvalue weighted by Gasteiger charge is -2.26. The molecule has 0 bridgehead atoms. The van der Waals surface area contributed by atoms with Gasteiger partial charge in [-0.05, 0) is 55.5 Å². The molecule has 1 saturated heterocycles. The predicted molar refractivity (Wildman–Crippen MR) is 118 cm³/mol. The van der Waals surface area contributed by atoms with E-state index in [-0.39, 0.29) is 17.2 Å². The van der Waals surface area contributed by atoms with Crippen LogP contribution in [0.3, 0.4) is 0 Å². The normalized spacial score (nSPS) is 14.3. The first-order valence-corrected chi connectivity index (χ1v) is 11.2. The van der Waals surface area contributed by atoms with Gasteiger partial charge in [-0.2, -0.15) is 0 Å². The monoisotopic (exact) mass is 407 g/mol. The number of aromatic nitrogens is 2. The molecule has 3 aromatic rings. The van der Waals surface area contributed by atoms with Crippen molar-refractivity contribution in [1.82, 2.24) is 14.5 Å². The van der Waals surface area contributed by atoms with E-state index in [9.17, 15) is 9.59 Å². The molecular weight excluding hydrogens is 382 g/mol. The third-order valence-electron chi connectivity index (χ3n) is 5.38. The Hall–Kier alpha value is -2.60. The Morgan fingerprint density at radius 2 is 1.76 bits per heavy atom. The van der Waals surface area contributed by atoms with E-state index in [4.69, 9.17) is 4.98 Å². The Labute approximate surface area is 174 Å². The van der Waals surface area contributed by atoms with Crippen molar-refractivity contribution in [2.45, 2.75) is 37.8 Å². The van der Waals surface area contributed by atoms with Gasteiger partial charge in [0.15, 0.2) is 5.16 Å². The molecular formula is C23H25N3O2S. The summed E-state index contributed by atoms with van der Waals surface area (Å²) in [5.74, 6) is 0.405. The van der Waals surface area contributed by atoms with E-state index in [2.05, 4.69) is 6.92 Å². The van der Waals surface area contributed by atoms with Gasteiger partial charge in [-0.15, -0.1) is 0 Å². The minimum absolute atomic E-state index is 0.104. The Bertz CT molecular complexity index is 1070. The lowest BCUT2D eigenvalue weighted by molar-refractivity contribution is -0.129. The highest BCUT2D eigenvalue weighted by atomic mass is 32.2. The second-order valence-corrected chi connectivity index (χ2v) is 8.24. The number of aryl methyl sites for hydroxylation is 1. The molecule has 1 aromatic heterocycles. The second kappa shape index (κ2) is 8.82. The number of thioether (sulfide) groups is 1. The molecule has 1 amide bonds. The second-order valence-electron chi connectivity index (χ2n) is 7.30. The number of likely N-dealkylation sites (tertiary alicyclic amines) is 1. The molecule has 0 unspecified atom stereocenters. The summed E-state index contributed by atoms with van der Waals surface area (Å²) in [5.41, 5.74) is 2.54. The molecule has 1 fully saturated rings. The molecule has 1 aliphatic heterocycles. The van der Waals surface area contributed by atoms with Gasteiger partial charge in [-0.25, -0.2) is 4.98 Å². The van der Waals surface area contributed by atoms with Crippen LogP contribution in [0, 0.1) is 0 Å². The zero-order chi connectivity index (χ0) is 20.2. The third-order valence-corrected chi connectivity index (χ3v) is 6.30. The van der Waals surface area contributed by atoms with E-state index in [0.717, 1.165) is 38.0 Å². The van der Waals surface area contributed by atoms with E-state index < -0.39 is 0 Å². The summed E-state index contributed by atoms with van der Waals surface area (Å²) in [6.07, 6.45) is 4.27. The van der Waals surface area contributed by atoms with Gasteiger partial charge in [-0.3, -0.25) is 14.2 Å². The molecule has 2 heterocycles. The summed E-state index contributed by atoms with van der Waals surface area (Å²) < 4.78 is 1.63. The topological polar surface area (TPSA) is 55.2 Å². The lowest BCUT2D eigenvalue weighted by Crippen LogP contribution is -2.36. The van der Waals surface area contributed by atoms with Crippen LogP contribution in [0.1, 0.15) is 31.7 Å². The number of carbonyl (C=O) groups excluding carboxylic acids is 1. The van der Waals surface area contributed by atoms with Gasteiger partial charge in [0.1, 0.15) is 0 Å². The molecule has 150 valence electrons. The Morgan fingerprint density at radius 3 is 2.48 bits per heavy atom. The molecule has 6 heteroatoms. The first-order chi connectivity index (χ1) is 14.2. The number of amides is 1. The van der Waals surface area contributed by atoms with Gasteiger partial charge in [0.25, 0.3) is 5.56 Å². The van der Waals surface area contributed by atoms with E-state index in [1.54, 1.807) is 10.6 Å². The Kier molecular flexibility index (Phi) is 6.00. The van der Waals surface area contributed by atoms with Crippen molar-refractivity contribution in [3.05, 3.63) is 64.4 Å². The van der Waals surface area contributed by atoms with Crippen LogP contribution in [-0.2, 0) is 11.2 Å². The highest BCUT2D eigenvalue weighted by Crippen LogP contribution is 2.23. The molecule has 0 atom stereocenters. The quantitative estimate of drug-likeness (QED) is 0.473. The van der Waals surface area contributed by atoms with Crippen LogP contribution >= 0.6 is 11.8 Å². The lowest BCUT2D eigenvalue weighted by atomic mass is 10.1. The first-order valence-electron chi connectivity index (χ1n) is 10.2. The van der Waals surface area contributed by atoms with Gasteiger partial charge in [-0.1, -0.05) is 43.0 Å². The van der Waals surface area contributed by atoms with E-state index in [1.165, 1.54) is 23.7 Å². The van der Waals surface area contributed by atoms with Crippen molar-refractivity contribution in [1.29, 1.82) is 0 Å². The van der Waals surface area contributed by atoms with Crippen molar-refractivity contribution in [2.75, 3.05) is 18.8 Å². The fourth-order valence-corrected chi connectivity index (χ4v) is 4.59. The van der Waals surface area contributed by atoms with E-state index in [0.29, 0.717) is 16.1 Å². The number of carbonyl (C=O) groups is 1.